The Morgan fingerprint density at radius 3 is 2.71 bits per heavy atom. The number of anilines is 1. The van der Waals surface area contributed by atoms with Gasteiger partial charge in [0.15, 0.2) is 5.78 Å². The number of ketones is 1. The lowest BCUT2D eigenvalue weighted by atomic mass is 9.85. The van der Waals surface area contributed by atoms with E-state index in [-0.39, 0.29) is 18.1 Å². The molecule has 0 saturated carbocycles. The third kappa shape index (κ3) is 3.22. The number of ether oxygens (including phenoxy) is 1. The second kappa shape index (κ2) is 7.24. The van der Waals surface area contributed by atoms with Gasteiger partial charge in [-0.25, -0.2) is 4.68 Å². The molecular weight excluding hydrogens is 422 g/mol. The van der Waals surface area contributed by atoms with Crippen molar-refractivity contribution in [3.05, 3.63) is 69.8 Å². The summed E-state index contributed by atoms with van der Waals surface area (Å²) in [5.41, 5.74) is 2.80. The summed E-state index contributed by atoms with van der Waals surface area (Å²) in [5.74, 6) is 0.256. The number of Topliss-reactive ketones (excluding diaryl/α,β-unsaturated/α-hetero) is 1. The monoisotopic (exact) mass is 439 g/mol. The van der Waals surface area contributed by atoms with Gasteiger partial charge < -0.3 is 10.1 Å². The fraction of sp³-hybridized carbons (Fsp3) is 0.190. The molecular formula is C21H18BrN3O3. The van der Waals surface area contributed by atoms with Crippen LogP contribution < -0.4 is 10.1 Å². The number of halogens is 1. The SMILES string of the molecule is COc1cccc(C(=O)[C@H]2CC(=O)Nc3c2c(C)nn3-c2ccc(Br)cc2)c1. The third-order valence-electron chi connectivity index (χ3n) is 4.84. The first-order chi connectivity index (χ1) is 13.5. The van der Waals surface area contributed by atoms with Crippen LogP contribution in [0.5, 0.6) is 5.75 Å². The van der Waals surface area contributed by atoms with Crippen LogP contribution in [0.15, 0.2) is 53.0 Å². The molecule has 1 amide bonds. The van der Waals surface area contributed by atoms with Gasteiger partial charge in [0.25, 0.3) is 0 Å². The maximum atomic E-state index is 13.2. The normalized spacial score (nSPS) is 15.7. The van der Waals surface area contributed by atoms with Crippen LogP contribution in [-0.4, -0.2) is 28.6 Å². The molecule has 4 rings (SSSR count). The van der Waals surface area contributed by atoms with Crippen molar-refractivity contribution < 1.29 is 14.3 Å². The highest BCUT2D eigenvalue weighted by atomic mass is 79.9. The van der Waals surface area contributed by atoms with Crippen molar-refractivity contribution in [2.75, 3.05) is 12.4 Å². The van der Waals surface area contributed by atoms with Crippen LogP contribution in [0.1, 0.15) is 34.0 Å². The number of fused-ring (bicyclic) bond motifs is 1. The van der Waals surface area contributed by atoms with E-state index in [0.29, 0.717) is 17.1 Å². The molecule has 0 radical (unpaired) electrons. The molecule has 0 fully saturated rings. The maximum absolute atomic E-state index is 13.2. The summed E-state index contributed by atoms with van der Waals surface area (Å²) in [6.07, 6.45) is 0.0932. The molecule has 0 spiro atoms. The molecule has 2 heterocycles. The van der Waals surface area contributed by atoms with Gasteiger partial charge in [-0.15, -0.1) is 0 Å². The molecule has 2 aromatic carbocycles. The summed E-state index contributed by atoms with van der Waals surface area (Å²) in [5, 5.41) is 7.49. The van der Waals surface area contributed by atoms with E-state index in [4.69, 9.17) is 4.74 Å². The predicted octanol–water partition coefficient (Wildman–Crippen LogP) is 4.26. The highest BCUT2D eigenvalue weighted by Gasteiger charge is 2.36. The largest absolute Gasteiger partial charge is 0.497 e. The minimum atomic E-state index is -0.583. The minimum Gasteiger partial charge on any atom is -0.497 e. The van der Waals surface area contributed by atoms with Gasteiger partial charge in [0.1, 0.15) is 11.6 Å². The summed E-state index contributed by atoms with van der Waals surface area (Å²) in [6, 6.07) is 14.6. The molecule has 0 aliphatic carbocycles. The van der Waals surface area contributed by atoms with Crippen LogP contribution in [0.3, 0.4) is 0 Å². The van der Waals surface area contributed by atoms with Gasteiger partial charge >= 0.3 is 0 Å². The van der Waals surface area contributed by atoms with Crippen LogP contribution >= 0.6 is 15.9 Å². The van der Waals surface area contributed by atoms with E-state index in [1.165, 1.54) is 0 Å². The van der Waals surface area contributed by atoms with Crippen LogP contribution in [0.4, 0.5) is 5.82 Å². The summed E-state index contributed by atoms with van der Waals surface area (Å²) in [4.78, 5) is 25.6. The van der Waals surface area contributed by atoms with Crippen LogP contribution in [0.2, 0.25) is 0 Å². The molecule has 0 saturated heterocycles. The maximum Gasteiger partial charge on any atom is 0.226 e. The molecule has 0 unspecified atom stereocenters. The first-order valence-corrected chi connectivity index (χ1v) is 9.61. The number of methoxy groups -OCH3 is 1. The zero-order valence-electron chi connectivity index (χ0n) is 15.4. The summed E-state index contributed by atoms with van der Waals surface area (Å²) in [7, 11) is 1.56. The van der Waals surface area contributed by atoms with Gasteiger partial charge in [-0.3, -0.25) is 9.59 Å². The number of carbonyl (C=O) groups is 2. The van der Waals surface area contributed by atoms with E-state index >= 15 is 0 Å². The van der Waals surface area contributed by atoms with Gasteiger partial charge in [0, 0.05) is 22.0 Å². The topological polar surface area (TPSA) is 73.2 Å². The Kier molecular flexibility index (Phi) is 4.77. The highest BCUT2D eigenvalue weighted by molar-refractivity contribution is 9.10. The molecule has 3 aromatic rings. The smallest absolute Gasteiger partial charge is 0.226 e. The second-order valence-corrected chi connectivity index (χ2v) is 7.55. The molecule has 142 valence electrons. The quantitative estimate of drug-likeness (QED) is 0.616. The van der Waals surface area contributed by atoms with Crippen molar-refractivity contribution in [1.29, 1.82) is 0 Å². The number of rotatable bonds is 4. The van der Waals surface area contributed by atoms with E-state index in [9.17, 15) is 9.59 Å². The summed E-state index contributed by atoms with van der Waals surface area (Å²) < 4.78 is 7.86. The lowest BCUT2D eigenvalue weighted by molar-refractivity contribution is -0.116. The molecule has 1 aliphatic heterocycles. The predicted molar refractivity (Wildman–Crippen MR) is 109 cm³/mol. The number of hydrogen-bond acceptors (Lipinski definition) is 4. The van der Waals surface area contributed by atoms with Crippen molar-refractivity contribution in [3.8, 4) is 11.4 Å². The number of carbonyl (C=O) groups excluding carboxylic acids is 2. The molecule has 1 N–H and O–H groups in total. The van der Waals surface area contributed by atoms with Crippen molar-refractivity contribution in [2.45, 2.75) is 19.3 Å². The Balaban J connectivity index is 1.80. The number of benzene rings is 2. The Bertz CT molecular complexity index is 1070. The van der Waals surface area contributed by atoms with E-state index in [1.54, 1.807) is 36.1 Å². The number of aromatic nitrogens is 2. The molecule has 6 nitrogen and oxygen atoms in total. The van der Waals surface area contributed by atoms with Crippen LogP contribution in [-0.2, 0) is 4.79 Å². The summed E-state index contributed by atoms with van der Waals surface area (Å²) in [6.45, 7) is 1.86. The second-order valence-electron chi connectivity index (χ2n) is 6.64. The number of nitrogens with one attached hydrogen (secondary N) is 1. The lowest BCUT2D eigenvalue weighted by Gasteiger charge is -2.23. The van der Waals surface area contributed by atoms with Crippen LogP contribution in [0.25, 0.3) is 5.69 Å². The average Bonchev–Trinajstić information content (AvgIpc) is 3.03. The molecule has 1 aromatic heterocycles. The van der Waals surface area contributed by atoms with Gasteiger partial charge in [-0.2, -0.15) is 5.10 Å². The Morgan fingerprint density at radius 1 is 1.25 bits per heavy atom. The molecule has 7 heteroatoms. The van der Waals surface area contributed by atoms with E-state index in [2.05, 4.69) is 26.3 Å². The molecule has 0 bridgehead atoms. The van der Waals surface area contributed by atoms with Crippen molar-refractivity contribution in [1.82, 2.24) is 9.78 Å². The molecule has 1 atom stereocenters. The van der Waals surface area contributed by atoms with Gasteiger partial charge in [-0.05, 0) is 43.3 Å². The Hall–Kier alpha value is -2.93. The van der Waals surface area contributed by atoms with Crippen molar-refractivity contribution in [3.63, 3.8) is 0 Å². The van der Waals surface area contributed by atoms with E-state index < -0.39 is 5.92 Å². The number of hydrogen-bond donors (Lipinski definition) is 1. The van der Waals surface area contributed by atoms with Gasteiger partial charge in [-0.1, -0.05) is 28.1 Å². The first kappa shape index (κ1) is 18.4. The number of amides is 1. The van der Waals surface area contributed by atoms with Gasteiger partial charge in [0.05, 0.1) is 24.4 Å². The zero-order chi connectivity index (χ0) is 19.8. The van der Waals surface area contributed by atoms with Crippen LogP contribution in [0, 0.1) is 6.92 Å². The third-order valence-corrected chi connectivity index (χ3v) is 5.37. The van der Waals surface area contributed by atoms with Gasteiger partial charge in [0.2, 0.25) is 5.91 Å². The number of aryl methyl sites for hydroxylation is 1. The minimum absolute atomic E-state index is 0.0932. The van der Waals surface area contributed by atoms with Crippen molar-refractivity contribution >= 4 is 33.4 Å². The van der Waals surface area contributed by atoms with E-state index in [1.807, 2.05) is 31.2 Å². The van der Waals surface area contributed by atoms with Crippen molar-refractivity contribution in [2.24, 2.45) is 0 Å². The fourth-order valence-corrected chi connectivity index (χ4v) is 3.78. The zero-order valence-corrected chi connectivity index (χ0v) is 17.0. The lowest BCUT2D eigenvalue weighted by Crippen LogP contribution is -2.28. The molecule has 28 heavy (non-hydrogen) atoms. The Labute approximate surface area is 170 Å². The fourth-order valence-electron chi connectivity index (χ4n) is 3.52. The van der Waals surface area contributed by atoms with E-state index in [0.717, 1.165) is 21.4 Å². The highest BCUT2D eigenvalue weighted by Crippen LogP contribution is 2.38. The Morgan fingerprint density at radius 2 is 2.00 bits per heavy atom. The average molecular weight is 440 g/mol. The first-order valence-electron chi connectivity index (χ1n) is 8.81. The summed E-state index contributed by atoms with van der Waals surface area (Å²) >= 11 is 3.42. The number of nitrogens with zero attached hydrogens (tertiary/aromatic N) is 2. The molecule has 1 aliphatic rings. The standard InChI is InChI=1S/C21H18BrN3O3/c1-12-19-17(20(27)13-4-3-5-16(10-13)28-2)11-18(26)23-21(19)25(24-12)15-8-6-14(22)7-9-15/h3-10,17H,11H2,1-2H3,(H,23,26)/t17-/m0/s1.